The van der Waals surface area contributed by atoms with Gasteiger partial charge in [0.2, 0.25) is 0 Å². The molecular weight excluding hydrogens is 284 g/mol. The van der Waals surface area contributed by atoms with Gasteiger partial charge in [-0.2, -0.15) is 0 Å². The maximum Gasteiger partial charge on any atom is 0.407 e. The Morgan fingerprint density at radius 1 is 1.23 bits per heavy atom. The van der Waals surface area contributed by atoms with Crippen molar-refractivity contribution in [1.82, 2.24) is 10.6 Å². The Hall–Kier alpha value is -1.30. The zero-order valence-electron chi connectivity index (χ0n) is 14.3. The Morgan fingerprint density at radius 2 is 1.82 bits per heavy atom. The van der Waals surface area contributed by atoms with E-state index >= 15 is 0 Å². The number of rotatable bonds is 6. The summed E-state index contributed by atoms with van der Waals surface area (Å²) in [7, 11) is 0. The summed E-state index contributed by atoms with van der Waals surface area (Å²) in [5.41, 5.74) is -0.508. The fraction of sp³-hybridized carbons (Fsp3) is 0.875. The highest BCUT2D eigenvalue weighted by atomic mass is 16.6. The van der Waals surface area contributed by atoms with Gasteiger partial charge in [-0.3, -0.25) is 4.79 Å². The predicted octanol–water partition coefficient (Wildman–Crippen LogP) is 2.52. The molecule has 1 aliphatic carbocycles. The lowest BCUT2D eigenvalue weighted by Crippen LogP contribution is -2.44. The van der Waals surface area contributed by atoms with Gasteiger partial charge in [-0.1, -0.05) is 13.8 Å². The maximum atomic E-state index is 11.7. The van der Waals surface area contributed by atoms with Crippen LogP contribution in [0.25, 0.3) is 0 Å². The van der Waals surface area contributed by atoms with Crippen molar-refractivity contribution >= 4 is 12.1 Å². The normalized spacial score (nSPS) is 23.4. The molecule has 22 heavy (non-hydrogen) atoms. The standard InChI is InChI=1S/C16H30N2O4/c1-10(2)8-13(14(19)20)17-11-6-7-12(9-11)18-15(21)22-16(3,4)5/h10-13,17H,6-9H2,1-5H3,(H,18,21)(H,19,20). The summed E-state index contributed by atoms with van der Waals surface area (Å²) >= 11 is 0. The summed E-state index contributed by atoms with van der Waals surface area (Å²) in [6.07, 6.45) is 2.64. The number of amides is 1. The van der Waals surface area contributed by atoms with Crippen LogP contribution in [0.15, 0.2) is 0 Å². The maximum absolute atomic E-state index is 11.7. The monoisotopic (exact) mass is 314 g/mol. The van der Waals surface area contributed by atoms with Gasteiger partial charge in [0.25, 0.3) is 0 Å². The molecule has 0 radical (unpaired) electrons. The first-order valence-electron chi connectivity index (χ1n) is 8.05. The number of alkyl carbamates (subject to hydrolysis) is 1. The van der Waals surface area contributed by atoms with Crippen LogP contribution in [0.5, 0.6) is 0 Å². The number of ether oxygens (including phenoxy) is 1. The summed E-state index contributed by atoms with van der Waals surface area (Å²) in [5.74, 6) is -0.483. The van der Waals surface area contributed by atoms with E-state index in [0.29, 0.717) is 12.3 Å². The van der Waals surface area contributed by atoms with Crippen molar-refractivity contribution in [1.29, 1.82) is 0 Å². The molecule has 3 N–H and O–H groups in total. The van der Waals surface area contributed by atoms with Gasteiger partial charge in [-0.05, 0) is 52.4 Å². The topological polar surface area (TPSA) is 87.7 Å². The van der Waals surface area contributed by atoms with Gasteiger partial charge >= 0.3 is 12.1 Å². The molecule has 6 nitrogen and oxygen atoms in total. The average molecular weight is 314 g/mol. The molecule has 3 atom stereocenters. The summed E-state index contributed by atoms with van der Waals surface area (Å²) in [5, 5.41) is 15.3. The lowest BCUT2D eigenvalue weighted by Gasteiger charge is -2.23. The molecule has 0 aromatic rings. The summed E-state index contributed by atoms with van der Waals surface area (Å²) in [6, 6.07) is -0.356. The van der Waals surface area contributed by atoms with Gasteiger partial charge in [0.05, 0.1) is 0 Å². The molecule has 1 saturated carbocycles. The Kier molecular flexibility index (Phi) is 6.66. The minimum Gasteiger partial charge on any atom is -0.480 e. The predicted molar refractivity (Wildman–Crippen MR) is 84.8 cm³/mol. The van der Waals surface area contributed by atoms with Crippen molar-refractivity contribution in [2.24, 2.45) is 5.92 Å². The van der Waals surface area contributed by atoms with Crippen LogP contribution in [0.2, 0.25) is 0 Å². The van der Waals surface area contributed by atoms with Gasteiger partial charge in [-0.25, -0.2) is 4.79 Å². The highest BCUT2D eigenvalue weighted by molar-refractivity contribution is 5.73. The van der Waals surface area contributed by atoms with Crippen LogP contribution in [0.4, 0.5) is 4.79 Å². The van der Waals surface area contributed by atoms with Gasteiger partial charge < -0.3 is 20.5 Å². The highest BCUT2D eigenvalue weighted by Gasteiger charge is 2.30. The largest absolute Gasteiger partial charge is 0.480 e. The number of carboxylic acids is 1. The number of carboxylic acid groups (broad SMARTS) is 1. The van der Waals surface area contributed by atoms with Crippen molar-refractivity contribution in [2.45, 2.75) is 84.0 Å². The Morgan fingerprint density at radius 3 is 2.32 bits per heavy atom. The second-order valence-electron chi connectivity index (χ2n) is 7.54. The third-order valence-corrected chi connectivity index (χ3v) is 3.60. The Labute approximate surface area is 133 Å². The second-order valence-corrected chi connectivity index (χ2v) is 7.54. The van der Waals surface area contributed by atoms with Crippen LogP contribution >= 0.6 is 0 Å². The lowest BCUT2D eigenvalue weighted by molar-refractivity contribution is -0.140. The number of carbonyl (C=O) groups is 2. The Bertz CT molecular complexity index is 390. The third-order valence-electron chi connectivity index (χ3n) is 3.60. The number of hydrogen-bond acceptors (Lipinski definition) is 4. The number of carbonyl (C=O) groups excluding carboxylic acids is 1. The first-order valence-corrected chi connectivity index (χ1v) is 8.05. The van der Waals surface area contributed by atoms with E-state index in [2.05, 4.69) is 10.6 Å². The minimum absolute atomic E-state index is 0.0424. The molecular formula is C16H30N2O4. The molecule has 0 aliphatic heterocycles. The van der Waals surface area contributed by atoms with E-state index in [1.165, 1.54) is 0 Å². The molecule has 1 amide bonds. The zero-order chi connectivity index (χ0) is 16.9. The molecule has 0 saturated heterocycles. The molecule has 1 rings (SSSR count). The summed E-state index contributed by atoms with van der Waals surface area (Å²) in [6.45, 7) is 9.51. The lowest BCUT2D eigenvalue weighted by atomic mass is 10.0. The van der Waals surface area contributed by atoms with Crippen LogP contribution in [0, 0.1) is 5.92 Å². The van der Waals surface area contributed by atoms with Crippen LogP contribution < -0.4 is 10.6 Å². The number of aliphatic carboxylic acids is 1. The molecule has 6 heteroatoms. The van der Waals surface area contributed by atoms with E-state index in [1.54, 1.807) is 0 Å². The van der Waals surface area contributed by atoms with Gasteiger partial charge in [-0.15, -0.1) is 0 Å². The summed E-state index contributed by atoms with van der Waals surface area (Å²) in [4.78, 5) is 23.0. The van der Waals surface area contributed by atoms with Crippen LogP contribution in [0.1, 0.15) is 60.3 Å². The first kappa shape index (κ1) is 18.7. The van der Waals surface area contributed by atoms with E-state index < -0.39 is 23.7 Å². The fourth-order valence-corrected chi connectivity index (χ4v) is 2.73. The van der Waals surface area contributed by atoms with Crippen molar-refractivity contribution in [3.63, 3.8) is 0 Å². The third kappa shape index (κ3) is 7.11. The number of nitrogens with one attached hydrogen (secondary N) is 2. The fourth-order valence-electron chi connectivity index (χ4n) is 2.73. The van der Waals surface area contributed by atoms with Crippen LogP contribution in [-0.2, 0) is 9.53 Å². The van der Waals surface area contributed by atoms with E-state index in [1.807, 2.05) is 34.6 Å². The molecule has 0 spiro atoms. The molecule has 0 bridgehead atoms. The average Bonchev–Trinajstić information content (AvgIpc) is 2.72. The highest BCUT2D eigenvalue weighted by Crippen LogP contribution is 2.21. The van der Waals surface area contributed by atoms with Crippen molar-refractivity contribution in [3.05, 3.63) is 0 Å². The molecule has 1 aliphatic rings. The second kappa shape index (κ2) is 7.81. The molecule has 128 valence electrons. The van der Waals surface area contributed by atoms with Gasteiger partial charge in [0.1, 0.15) is 11.6 Å². The molecule has 1 fully saturated rings. The molecule has 0 heterocycles. The first-order chi connectivity index (χ1) is 10.1. The van der Waals surface area contributed by atoms with E-state index in [9.17, 15) is 14.7 Å². The quantitative estimate of drug-likeness (QED) is 0.701. The van der Waals surface area contributed by atoms with E-state index in [4.69, 9.17) is 4.74 Å². The van der Waals surface area contributed by atoms with Gasteiger partial charge in [0, 0.05) is 12.1 Å². The zero-order valence-corrected chi connectivity index (χ0v) is 14.3. The van der Waals surface area contributed by atoms with Crippen molar-refractivity contribution < 1.29 is 19.4 Å². The number of hydrogen-bond donors (Lipinski definition) is 3. The SMILES string of the molecule is CC(C)CC(NC1CCC(NC(=O)OC(C)(C)C)C1)C(=O)O. The van der Waals surface area contributed by atoms with E-state index in [-0.39, 0.29) is 12.1 Å². The van der Waals surface area contributed by atoms with Crippen molar-refractivity contribution in [2.75, 3.05) is 0 Å². The van der Waals surface area contributed by atoms with Crippen LogP contribution in [-0.4, -0.2) is 40.9 Å². The minimum atomic E-state index is -0.808. The molecule has 0 aromatic heterocycles. The van der Waals surface area contributed by atoms with Crippen molar-refractivity contribution in [3.8, 4) is 0 Å². The molecule has 0 aromatic carbocycles. The van der Waals surface area contributed by atoms with E-state index in [0.717, 1.165) is 19.3 Å². The van der Waals surface area contributed by atoms with Gasteiger partial charge in [0.15, 0.2) is 0 Å². The smallest absolute Gasteiger partial charge is 0.407 e. The Balaban J connectivity index is 2.42. The summed E-state index contributed by atoms with van der Waals surface area (Å²) < 4.78 is 5.24. The molecule has 3 unspecified atom stereocenters. The van der Waals surface area contributed by atoms with Crippen LogP contribution in [0.3, 0.4) is 0 Å².